The standard InChI is InChI=1S/C12H18O2/c1-3-10(9-13)7-11-5-4-6-12(8-11)14-2/h4-6,8,10,13H,3,7,9H2,1-2H3. The van der Waals surface area contributed by atoms with Crippen LogP contribution in [0.5, 0.6) is 5.75 Å². The van der Waals surface area contributed by atoms with Gasteiger partial charge < -0.3 is 9.84 Å². The fourth-order valence-electron chi connectivity index (χ4n) is 1.47. The van der Waals surface area contributed by atoms with Gasteiger partial charge in [-0.2, -0.15) is 0 Å². The molecule has 0 fully saturated rings. The molecule has 2 heteroatoms. The van der Waals surface area contributed by atoms with Crippen molar-refractivity contribution in [2.45, 2.75) is 19.8 Å². The van der Waals surface area contributed by atoms with Crippen molar-refractivity contribution in [3.8, 4) is 5.75 Å². The third kappa shape index (κ3) is 3.04. The number of ether oxygens (including phenoxy) is 1. The Morgan fingerprint density at radius 1 is 1.43 bits per heavy atom. The first-order valence-electron chi connectivity index (χ1n) is 5.04. The van der Waals surface area contributed by atoms with Gasteiger partial charge in [0.15, 0.2) is 0 Å². The summed E-state index contributed by atoms with van der Waals surface area (Å²) in [6.07, 6.45) is 1.93. The van der Waals surface area contributed by atoms with Crippen molar-refractivity contribution in [2.24, 2.45) is 5.92 Å². The SMILES string of the molecule is CCC(CO)Cc1cccc(OC)c1. The van der Waals surface area contributed by atoms with Crippen molar-refractivity contribution in [1.82, 2.24) is 0 Å². The van der Waals surface area contributed by atoms with Crippen LogP contribution in [0.3, 0.4) is 0 Å². The van der Waals surface area contributed by atoms with E-state index in [1.54, 1.807) is 7.11 Å². The molecule has 0 radical (unpaired) electrons. The number of rotatable bonds is 5. The quantitative estimate of drug-likeness (QED) is 0.779. The van der Waals surface area contributed by atoms with Crippen LogP contribution in [-0.2, 0) is 6.42 Å². The van der Waals surface area contributed by atoms with Gasteiger partial charge in [0.05, 0.1) is 7.11 Å². The van der Waals surface area contributed by atoms with Crippen LogP contribution < -0.4 is 4.74 Å². The second-order valence-electron chi connectivity index (χ2n) is 3.51. The molecule has 1 aromatic carbocycles. The lowest BCUT2D eigenvalue weighted by molar-refractivity contribution is 0.222. The molecule has 0 aliphatic heterocycles. The highest BCUT2D eigenvalue weighted by molar-refractivity contribution is 5.28. The van der Waals surface area contributed by atoms with Crippen LogP contribution >= 0.6 is 0 Å². The number of aliphatic hydroxyl groups is 1. The topological polar surface area (TPSA) is 29.5 Å². The molecule has 0 amide bonds. The summed E-state index contributed by atoms with van der Waals surface area (Å²) in [6, 6.07) is 8.01. The summed E-state index contributed by atoms with van der Waals surface area (Å²) < 4.78 is 5.14. The predicted octanol–water partition coefficient (Wildman–Crippen LogP) is 2.26. The molecule has 0 bridgehead atoms. The Balaban J connectivity index is 2.65. The number of hydrogen-bond donors (Lipinski definition) is 1. The Bertz CT molecular complexity index is 267. The maximum atomic E-state index is 9.08. The lowest BCUT2D eigenvalue weighted by atomic mass is 9.98. The van der Waals surface area contributed by atoms with Gasteiger partial charge in [-0.05, 0) is 30.0 Å². The Labute approximate surface area is 85.5 Å². The molecule has 0 spiro atoms. The van der Waals surface area contributed by atoms with Gasteiger partial charge in [-0.1, -0.05) is 25.5 Å². The van der Waals surface area contributed by atoms with Crippen molar-refractivity contribution in [2.75, 3.05) is 13.7 Å². The molecule has 2 nitrogen and oxygen atoms in total. The molecule has 78 valence electrons. The molecular weight excluding hydrogens is 176 g/mol. The molecule has 0 aliphatic rings. The van der Waals surface area contributed by atoms with Gasteiger partial charge in [-0.25, -0.2) is 0 Å². The van der Waals surface area contributed by atoms with E-state index >= 15 is 0 Å². The van der Waals surface area contributed by atoms with Crippen LogP contribution in [0.4, 0.5) is 0 Å². The molecule has 14 heavy (non-hydrogen) atoms. The average Bonchev–Trinajstić information content (AvgIpc) is 2.26. The molecule has 0 saturated carbocycles. The van der Waals surface area contributed by atoms with Crippen LogP contribution in [0, 0.1) is 5.92 Å². The van der Waals surface area contributed by atoms with Crippen molar-refractivity contribution in [3.05, 3.63) is 29.8 Å². The number of methoxy groups -OCH3 is 1. The Morgan fingerprint density at radius 2 is 2.21 bits per heavy atom. The fourth-order valence-corrected chi connectivity index (χ4v) is 1.47. The van der Waals surface area contributed by atoms with E-state index in [-0.39, 0.29) is 6.61 Å². The molecule has 1 aromatic rings. The lowest BCUT2D eigenvalue weighted by Crippen LogP contribution is -2.08. The van der Waals surface area contributed by atoms with Crippen LogP contribution in [0.25, 0.3) is 0 Å². The van der Waals surface area contributed by atoms with E-state index in [2.05, 4.69) is 13.0 Å². The summed E-state index contributed by atoms with van der Waals surface area (Å²) in [5.41, 5.74) is 1.23. The maximum Gasteiger partial charge on any atom is 0.119 e. The maximum absolute atomic E-state index is 9.08. The van der Waals surface area contributed by atoms with Crippen molar-refractivity contribution < 1.29 is 9.84 Å². The highest BCUT2D eigenvalue weighted by atomic mass is 16.5. The van der Waals surface area contributed by atoms with E-state index in [1.807, 2.05) is 18.2 Å². The monoisotopic (exact) mass is 194 g/mol. The number of benzene rings is 1. The van der Waals surface area contributed by atoms with E-state index < -0.39 is 0 Å². The summed E-state index contributed by atoms with van der Waals surface area (Å²) in [7, 11) is 1.67. The van der Waals surface area contributed by atoms with E-state index in [0.29, 0.717) is 5.92 Å². The summed E-state index contributed by atoms with van der Waals surface area (Å²) in [5.74, 6) is 1.25. The summed E-state index contributed by atoms with van der Waals surface area (Å²) in [5, 5.41) is 9.08. The first-order chi connectivity index (χ1) is 6.80. The van der Waals surface area contributed by atoms with Gasteiger partial charge in [-0.3, -0.25) is 0 Å². The van der Waals surface area contributed by atoms with Gasteiger partial charge in [0.1, 0.15) is 5.75 Å². The zero-order chi connectivity index (χ0) is 10.4. The third-order valence-corrected chi connectivity index (χ3v) is 2.49. The molecule has 0 aliphatic carbocycles. The molecule has 1 atom stereocenters. The Kier molecular flexibility index (Phi) is 4.47. The van der Waals surface area contributed by atoms with E-state index in [1.165, 1.54) is 5.56 Å². The fraction of sp³-hybridized carbons (Fsp3) is 0.500. The second kappa shape index (κ2) is 5.66. The van der Waals surface area contributed by atoms with Gasteiger partial charge in [0, 0.05) is 6.61 Å². The smallest absolute Gasteiger partial charge is 0.119 e. The normalized spacial score (nSPS) is 12.5. The highest BCUT2D eigenvalue weighted by Gasteiger charge is 2.06. The minimum absolute atomic E-state index is 0.258. The molecule has 0 heterocycles. The van der Waals surface area contributed by atoms with Crippen LogP contribution in [0.1, 0.15) is 18.9 Å². The number of aliphatic hydroxyl groups excluding tert-OH is 1. The molecule has 1 N–H and O–H groups in total. The van der Waals surface area contributed by atoms with Gasteiger partial charge >= 0.3 is 0 Å². The van der Waals surface area contributed by atoms with Gasteiger partial charge in [-0.15, -0.1) is 0 Å². The summed E-state index contributed by atoms with van der Waals surface area (Å²) in [6.45, 7) is 2.36. The minimum Gasteiger partial charge on any atom is -0.497 e. The number of hydrogen-bond acceptors (Lipinski definition) is 2. The lowest BCUT2D eigenvalue weighted by Gasteiger charge is -2.11. The molecular formula is C12H18O2. The van der Waals surface area contributed by atoms with Crippen molar-refractivity contribution >= 4 is 0 Å². The zero-order valence-electron chi connectivity index (χ0n) is 8.86. The predicted molar refractivity (Wildman–Crippen MR) is 57.6 cm³/mol. The largest absolute Gasteiger partial charge is 0.497 e. The van der Waals surface area contributed by atoms with Gasteiger partial charge in [0.25, 0.3) is 0 Å². The van der Waals surface area contributed by atoms with Crippen LogP contribution in [0.15, 0.2) is 24.3 Å². The molecule has 1 unspecified atom stereocenters. The Morgan fingerprint density at radius 3 is 2.79 bits per heavy atom. The van der Waals surface area contributed by atoms with E-state index in [9.17, 15) is 0 Å². The van der Waals surface area contributed by atoms with E-state index in [0.717, 1.165) is 18.6 Å². The molecule has 0 aromatic heterocycles. The first-order valence-corrected chi connectivity index (χ1v) is 5.04. The minimum atomic E-state index is 0.258. The molecule has 1 rings (SSSR count). The summed E-state index contributed by atoms with van der Waals surface area (Å²) >= 11 is 0. The molecule has 0 saturated heterocycles. The third-order valence-electron chi connectivity index (χ3n) is 2.49. The average molecular weight is 194 g/mol. The van der Waals surface area contributed by atoms with Crippen LogP contribution in [-0.4, -0.2) is 18.8 Å². The zero-order valence-corrected chi connectivity index (χ0v) is 8.86. The summed E-state index contributed by atoms with van der Waals surface area (Å²) in [4.78, 5) is 0. The first kappa shape index (κ1) is 11.1. The Hall–Kier alpha value is -1.02. The van der Waals surface area contributed by atoms with Crippen LogP contribution in [0.2, 0.25) is 0 Å². The van der Waals surface area contributed by atoms with Crippen molar-refractivity contribution in [3.63, 3.8) is 0 Å². The van der Waals surface area contributed by atoms with Gasteiger partial charge in [0.2, 0.25) is 0 Å². The second-order valence-corrected chi connectivity index (χ2v) is 3.51. The van der Waals surface area contributed by atoms with Crippen molar-refractivity contribution in [1.29, 1.82) is 0 Å². The van der Waals surface area contributed by atoms with E-state index in [4.69, 9.17) is 9.84 Å². The highest BCUT2D eigenvalue weighted by Crippen LogP contribution is 2.17.